The van der Waals surface area contributed by atoms with Gasteiger partial charge in [0.1, 0.15) is 6.54 Å². The van der Waals surface area contributed by atoms with Gasteiger partial charge in [-0.1, -0.05) is 18.2 Å². The average molecular weight is 343 g/mol. The molecule has 3 rings (SSSR count). The smallest absolute Gasteiger partial charge is 0.241 e. The largest absolute Gasteiger partial charge is 0.345 e. The Morgan fingerprint density at radius 3 is 2.56 bits per heavy atom. The van der Waals surface area contributed by atoms with E-state index >= 15 is 0 Å². The molecule has 6 heteroatoms. The molecule has 134 valence electrons. The number of carbonyl (C=O) groups is 3. The Balaban J connectivity index is 1.58. The maximum Gasteiger partial charge on any atom is 0.241 e. The van der Waals surface area contributed by atoms with E-state index in [1.165, 1.54) is 0 Å². The Hall–Kier alpha value is -2.37. The minimum Gasteiger partial charge on any atom is -0.345 e. The molecule has 1 fully saturated rings. The van der Waals surface area contributed by atoms with Crippen molar-refractivity contribution in [1.29, 1.82) is 0 Å². The number of rotatable bonds is 4. The number of aryl methyl sites for hydroxylation is 1. The Morgan fingerprint density at radius 1 is 1.00 bits per heavy atom. The highest BCUT2D eigenvalue weighted by Gasteiger charge is 2.24. The molecular formula is C19H25N3O3. The molecule has 0 aliphatic carbocycles. The number of amides is 3. The molecule has 0 unspecified atom stereocenters. The van der Waals surface area contributed by atoms with Crippen LogP contribution in [0.5, 0.6) is 0 Å². The number of hydrogen-bond acceptors (Lipinski definition) is 3. The molecule has 3 amide bonds. The summed E-state index contributed by atoms with van der Waals surface area (Å²) >= 11 is 0. The lowest BCUT2D eigenvalue weighted by molar-refractivity contribution is -0.133. The van der Waals surface area contributed by atoms with Crippen molar-refractivity contribution in [3.63, 3.8) is 0 Å². The van der Waals surface area contributed by atoms with Gasteiger partial charge in [-0.2, -0.15) is 0 Å². The minimum atomic E-state index is -0.296. The summed E-state index contributed by atoms with van der Waals surface area (Å²) in [5.74, 6) is -0.381. The zero-order valence-electron chi connectivity index (χ0n) is 14.5. The lowest BCUT2D eigenvalue weighted by Gasteiger charge is -2.27. The Kier molecular flexibility index (Phi) is 5.68. The maximum atomic E-state index is 12.4. The van der Waals surface area contributed by atoms with Gasteiger partial charge in [-0.05, 0) is 43.7 Å². The van der Waals surface area contributed by atoms with Crippen LogP contribution in [-0.2, 0) is 20.8 Å². The van der Waals surface area contributed by atoms with Crippen LogP contribution < -0.4 is 10.2 Å². The number of benzene rings is 1. The number of likely N-dealkylation sites (tertiary alicyclic amines) is 1. The van der Waals surface area contributed by atoms with Crippen LogP contribution in [0.3, 0.4) is 0 Å². The molecule has 0 spiro atoms. The lowest BCUT2D eigenvalue weighted by atomic mass is 10.1. The highest BCUT2D eigenvalue weighted by Crippen LogP contribution is 2.26. The third-order valence-corrected chi connectivity index (χ3v) is 4.87. The summed E-state index contributed by atoms with van der Waals surface area (Å²) in [4.78, 5) is 40.1. The van der Waals surface area contributed by atoms with E-state index in [9.17, 15) is 14.4 Å². The zero-order chi connectivity index (χ0) is 17.6. The molecule has 1 aromatic carbocycles. The van der Waals surface area contributed by atoms with Crippen molar-refractivity contribution in [3.8, 4) is 0 Å². The van der Waals surface area contributed by atoms with Gasteiger partial charge in [-0.15, -0.1) is 0 Å². The summed E-state index contributed by atoms with van der Waals surface area (Å²) in [6.45, 7) is 1.50. The maximum absolute atomic E-state index is 12.4. The highest BCUT2D eigenvalue weighted by atomic mass is 16.2. The van der Waals surface area contributed by atoms with Crippen LogP contribution >= 0.6 is 0 Å². The minimum absolute atomic E-state index is 0.00249. The monoisotopic (exact) mass is 343 g/mol. The molecular weight excluding hydrogens is 318 g/mol. The summed E-state index contributed by atoms with van der Waals surface area (Å²) < 4.78 is 0. The van der Waals surface area contributed by atoms with Gasteiger partial charge >= 0.3 is 0 Å². The highest BCUT2D eigenvalue weighted by molar-refractivity contribution is 6.00. The van der Waals surface area contributed by atoms with Crippen molar-refractivity contribution in [3.05, 3.63) is 29.8 Å². The van der Waals surface area contributed by atoms with E-state index in [-0.39, 0.29) is 30.8 Å². The molecule has 0 radical (unpaired) electrons. The van der Waals surface area contributed by atoms with E-state index in [0.717, 1.165) is 56.4 Å². The standard InChI is InChI=1S/C19H25N3O3/c23-17(20-13-19(25)21-11-4-1-5-12-21)14-22-16-9-3-2-7-15(16)8-6-10-18(22)24/h2-3,7,9H,1,4-6,8,10-14H2,(H,20,23). The van der Waals surface area contributed by atoms with Crippen LogP contribution in [0.2, 0.25) is 0 Å². The molecule has 0 aromatic heterocycles. The van der Waals surface area contributed by atoms with E-state index in [4.69, 9.17) is 0 Å². The van der Waals surface area contributed by atoms with Crippen molar-refractivity contribution in [2.45, 2.75) is 38.5 Å². The summed E-state index contributed by atoms with van der Waals surface area (Å²) in [7, 11) is 0. The van der Waals surface area contributed by atoms with Gasteiger partial charge in [-0.25, -0.2) is 0 Å². The fourth-order valence-electron chi connectivity index (χ4n) is 3.49. The summed E-state index contributed by atoms with van der Waals surface area (Å²) in [6, 6.07) is 7.70. The van der Waals surface area contributed by atoms with Crippen molar-refractivity contribution >= 4 is 23.4 Å². The Labute approximate surface area is 148 Å². The lowest BCUT2D eigenvalue weighted by Crippen LogP contribution is -2.46. The van der Waals surface area contributed by atoms with E-state index in [1.807, 2.05) is 24.3 Å². The van der Waals surface area contributed by atoms with Gasteiger partial charge in [-0.3, -0.25) is 14.4 Å². The van der Waals surface area contributed by atoms with Crippen LogP contribution in [0.4, 0.5) is 5.69 Å². The molecule has 2 aliphatic heterocycles. The number of hydrogen-bond donors (Lipinski definition) is 1. The number of carbonyl (C=O) groups excluding carboxylic acids is 3. The van der Waals surface area contributed by atoms with Gasteiger partial charge in [0.15, 0.2) is 0 Å². The summed E-state index contributed by atoms with van der Waals surface area (Å²) in [5.41, 5.74) is 1.90. The normalized spacial score (nSPS) is 17.7. The number of fused-ring (bicyclic) bond motifs is 1. The predicted octanol–water partition coefficient (Wildman–Crippen LogP) is 1.48. The van der Waals surface area contributed by atoms with Crippen LogP contribution in [0.15, 0.2) is 24.3 Å². The number of piperidine rings is 1. The molecule has 0 atom stereocenters. The van der Waals surface area contributed by atoms with Crippen LogP contribution in [-0.4, -0.2) is 48.8 Å². The van der Waals surface area contributed by atoms with Gasteiger partial charge in [0, 0.05) is 25.2 Å². The van der Waals surface area contributed by atoms with Gasteiger partial charge < -0.3 is 15.1 Å². The third-order valence-electron chi connectivity index (χ3n) is 4.87. The summed E-state index contributed by atoms with van der Waals surface area (Å²) in [6.07, 6.45) is 5.29. The molecule has 1 saturated heterocycles. The fourth-order valence-corrected chi connectivity index (χ4v) is 3.49. The first-order valence-corrected chi connectivity index (χ1v) is 9.08. The third kappa shape index (κ3) is 4.38. The van der Waals surface area contributed by atoms with Crippen LogP contribution in [0, 0.1) is 0 Å². The summed E-state index contributed by atoms with van der Waals surface area (Å²) in [5, 5.41) is 2.67. The molecule has 0 bridgehead atoms. The molecule has 2 heterocycles. The van der Waals surface area contributed by atoms with Gasteiger partial charge in [0.2, 0.25) is 17.7 Å². The quantitative estimate of drug-likeness (QED) is 0.900. The first kappa shape index (κ1) is 17.5. The van der Waals surface area contributed by atoms with Crippen molar-refractivity contribution < 1.29 is 14.4 Å². The molecule has 0 saturated carbocycles. The number of anilines is 1. The van der Waals surface area contributed by atoms with E-state index in [2.05, 4.69) is 5.32 Å². The zero-order valence-corrected chi connectivity index (χ0v) is 14.5. The number of nitrogens with one attached hydrogen (secondary N) is 1. The molecule has 6 nitrogen and oxygen atoms in total. The van der Waals surface area contributed by atoms with Crippen LogP contribution in [0.25, 0.3) is 0 Å². The number of para-hydroxylation sites is 1. The first-order valence-electron chi connectivity index (χ1n) is 9.08. The van der Waals surface area contributed by atoms with E-state index in [0.29, 0.717) is 6.42 Å². The van der Waals surface area contributed by atoms with E-state index < -0.39 is 0 Å². The molecule has 2 aliphatic rings. The van der Waals surface area contributed by atoms with Gasteiger partial charge in [0.05, 0.1) is 6.54 Å². The molecule has 25 heavy (non-hydrogen) atoms. The van der Waals surface area contributed by atoms with E-state index in [1.54, 1.807) is 9.80 Å². The second-order valence-electron chi connectivity index (χ2n) is 6.68. The second-order valence-corrected chi connectivity index (χ2v) is 6.68. The van der Waals surface area contributed by atoms with Crippen molar-refractivity contribution in [2.75, 3.05) is 31.1 Å². The van der Waals surface area contributed by atoms with Gasteiger partial charge in [0.25, 0.3) is 0 Å². The topological polar surface area (TPSA) is 69.7 Å². The first-order chi connectivity index (χ1) is 12.1. The number of nitrogens with zero attached hydrogens (tertiary/aromatic N) is 2. The van der Waals surface area contributed by atoms with Crippen molar-refractivity contribution in [1.82, 2.24) is 10.2 Å². The van der Waals surface area contributed by atoms with Crippen LogP contribution in [0.1, 0.15) is 37.7 Å². The predicted molar refractivity (Wildman–Crippen MR) is 95.2 cm³/mol. The average Bonchev–Trinajstić information content (AvgIpc) is 2.80. The molecule has 1 N–H and O–H groups in total. The second kappa shape index (κ2) is 8.14. The Morgan fingerprint density at radius 2 is 1.76 bits per heavy atom. The molecule has 1 aromatic rings. The van der Waals surface area contributed by atoms with Crippen molar-refractivity contribution in [2.24, 2.45) is 0 Å². The fraction of sp³-hybridized carbons (Fsp3) is 0.526. The SMILES string of the molecule is O=C(CN1C(=O)CCCc2ccccc21)NCC(=O)N1CCCCC1. The Bertz CT molecular complexity index is 653.